The molecule has 4 rings (SSSR count). The lowest BCUT2D eigenvalue weighted by molar-refractivity contribution is -0.124. The summed E-state index contributed by atoms with van der Waals surface area (Å²) in [5.74, 6) is 1.35. The number of amides is 1. The van der Waals surface area contributed by atoms with E-state index < -0.39 is 6.04 Å². The van der Waals surface area contributed by atoms with E-state index in [1.807, 2.05) is 37.3 Å². The highest BCUT2D eigenvalue weighted by Crippen LogP contribution is 2.39. The van der Waals surface area contributed by atoms with Crippen molar-refractivity contribution in [1.82, 2.24) is 15.1 Å². The van der Waals surface area contributed by atoms with Gasteiger partial charge in [-0.1, -0.05) is 24.3 Å². The molecule has 0 spiro atoms. The summed E-state index contributed by atoms with van der Waals surface area (Å²) in [6, 6.07) is 10.7. The summed E-state index contributed by atoms with van der Waals surface area (Å²) in [6.07, 6.45) is 0.511. The predicted molar refractivity (Wildman–Crippen MR) is 134 cm³/mol. The number of aromatic nitrogens is 2. The van der Waals surface area contributed by atoms with Crippen molar-refractivity contribution < 1.29 is 19.0 Å². The molecular weight excluding hydrogens is 454 g/mol. The number of carbonyl (C=O) groups excluding carboxylic acids is 1. The van der Waals surface area contributed by atoms with Crippen molar-refractivity contribution in [2.45, 2.75) is 26.3 Å². The normalized spacial score (nSPS) is 12.0. The highest BCUT2D eigenvalue weighted by molar-refractivity contribution is 7.26. The van der Waals surface area contributed by atoms with Crippen molar-refractivity contribution in [3.8, 4) is 17.2 Å². The molecule has 34 heavy (non-hydrogen) atoms. The number of rotatable bonds is 8. The summed E-state index contributed by atoms with van der Waals surface area (Å²) < 4.78 is 19.4. The Labute approximate surface area is 201 Å². The number of benzene rings is 2. The maximum absolute atomic E-state index is 13.3. The molecule has 2 aromatic carbocycles. The Morgan fingerprint density at radius 3 is 2.53 bits per heavy atom. The first-order valence-corrected chi connectivity index (χ1v) is 11.7. The highest BCUT2D eigenvalue weighted by Gasteiger charge is 2.22. The van der Waals surface area contributed by atoms with Crippen LogP contribution in [-0.4, -0.2) is 43.6 Å². The molecule has 1 amide bonds. The van der Waals surface area contributed by atoms with Crippen LogP contribution in [0.15, 0.2) is 41.2 Å². The maximum atomic E-state index is 13.3. The van der Waals surface area contributed by atoms with Crippen molar-refractivity contribution >= 4 is 37.4 Å². The third-order valence-corrected chi connectivity index (χ3v) is 7.11. The Hall–Kier alpha value is -3.59. The summed E-state index contributed by atoms with van der Waals surface area (Å²) in [4.78, 5) is 26.2. The third kappa shape index (κ3) is 4.07. The molecular formula is C25H27N3O5S. The molecule has 9 heteroatoms. The van der Waals surface area contributed by atoms with Gasteiger partial charge < -0.3 is 19.5 Å². The molecule has 0 aliphatic rings. The molecule has 0 aliphatic carbocycles. The van der Waals surface area contributed by atoms with Gasteiger partial charge in [0.1, 0.15) is 6.04 Å². The number of nitrogens with one attached hydrogen (secondary N) is 1. The predicted octanol–water partition coefficient (Wildman–Crippen LogP) is 3.87. The molecule has 2 aromatic heterocycles. The van der Waals surface area contributed by atoms with Crippen LogP contribution < -0.4 is 25.1 Å². The molecule has 1 N–H and O–H groups in total. The van der Waals surface area contributed by atoms with E-state index in [1.165, 1.54) is 4.68 Å². The second-order valence-electron chi connectivity index (χ2n) is 7.85. The van der Waals surface area contributed by atoms with Crippen LogP contribution in [0.1, 0.15) is 24.2 Å². The largest absolute Gasteiger partial charge is 0.493 e. The van der Waals surface area contributed by atoms with Gasteiger partial charge in [0.25, 0.3) is 5.56 Å². The summed E-state index contributed by atoms with van der Waals surface area (Å²) in [5.41, 5.74) is 1.33. The monoisotopic (exact) mass is 481 g/mol. The Kier molecular flexibility index (Phi) is 6.74. The Bertz CT molecular complexity index is 1430. The Balaban J connectivity index is 1.55. The van der Waals surface area contributed by atoms with E-state index in [-0.39, 0.29) is 11.5 Å². The van der Waals surface area contributed by atoms with Crippen LogP contribution in [-0.2, 0) is 11.2 Å². The molecule has 178 valence electrons. The van der Waals surface area contributed by atoms with Gasteiger partial charge in [0.15, 0.2) is 11.5 Å². The van der Waals surface area contributed by atoms with Crippen LogP contribution in [0.2, 0.25) is 0 Å². The van der Waals surface area contributed by atoms with Gasteiger partial charge in [-0.25, -0.2) is 4.68 Å². The SMILES string of the molecule is COc1ccc(CCNC(=O)[C@@H](C)n2nc(C)c3sc4ccccc4c3c2=O)c(OC)c1OC. The number of methoxy groups -OCH3 is 3. The van der Waals surface area contributed by atoms with Crippen LogP contribution in [0.5, 0.6) is 17.2 Å². The standard InChI is InChI=1S/C25H27N3O5S/c1-14-23-20(17-8-6-7-9-19(17)34-23)25(30)28(27-14)15(2)24(29)26-13-12-16-10-11-18(31-3)22(33-5)21(16)32-4/h6-11,15H,12-13H2,1-5H3,(H,26,29)/t15-/m1/s1. The van der Waals surface area contributed by atoms with Gasteiger partial charge in [0, 0.05) is 22.2 Å². The van der Waals surface area contributed by atoms with Crippen molar-refractivity contribution in [2.24, 2.45) is 0 Å². The Morgan fingerprint density at radius 1 is 1.09 bits per heavy atom. The van der Waals surface area contributed by atoms with Crippen LogP contribution in [0.4, 0.5) is 0 Å². The van der Waals surface area contributed by atoms with Crippen molar-refractivity contribution in [1.29, 1.82) is 0 Å². The van der Waals surface area contributed by atoms with E-state index in [4.69, 9.17) is 14.2 Å². The summed E-state index contributed by atoms with van der Waals surface area (Å²) in [6.45, 7) is 3.90. The van der Waals surface area contributed by atoms with Crippen LogP contribution >= 0.6 is 11.3 Å². The van der Waals surface area contributed by atoms with Gasteiger partial charge >= 0.3 is 0 Å². The number of nitrogens with zero attached hydrogens (tertiary/aromatic N) is 2. The smallest absolute Gasteiger partial charge is 0.276 e. The molecule has 0 unspecified atom stereocenters. The van der Waals surface area contributed by atoms with Crippen LogP contribution in [0.3, 0.4) is 0 Å². The summed E-state index contributed by atoms with van der Waals surface area (Å²) in [7, 11) is 4.67. The lowest BCUT2D eigenvalue weighted by Crippen LogP contribution is -2.38. The number of thiophene rings is 1. The molecule has 4 aromatic rings. The number of ether oxygens (including phenoxy) is 3. The fourth-order valence-electron chi connectivity index (χ4n) is 4.08. The van der Waals surface area contributed by atoms with Crippen molar-refractivity contribution in [3.05, 3.63) is 58.0 Å². The van der Waals surface area contributed by atoms with Gasteiger partial charge in [0.2, 0.25) is 11.7 Å². The van der Waals surface area contributed by atoms with Gasteiger partial charge in [-0.05, 0) is 32.4 Å². The fourth-order valence-corrected chi connectivity index (χ4v) is 5.22. The quantitative estimate of drug-likeness (QED) is 0.411. The maximum Gasteiger partial charge on any atom is 0.276 e. The first-order valence-electron chi connectivity index (χ1n) is 10.9. The first-order chi connectivity index (χ1) is 16.4. The molecule has 2 heterocycles. The molecule has 0 saturated heterocycles. The van der Waals surface area contributed by atoms with E-state index in [9.17, 15) is 9.59 Å². The van der Waals surface area contributed by atoms with Gasteiger partial charge in [0.05, 0.1) is 37.1 Å². The molecule has 0 fully saturated rings. The fraction of sp³-hybridized carbons (Fsp3) is 0.320. The highest BCUT2D eigenvalue weighted by atomic mass is 32.1. The molecule has 0 bridgehead atoms. The van der Waals surface area contributed by atoms with E-state index in [2.05, 4.69) is 10.4 Å². The number of carbonyl (C=O) groups is 1. The van der Waals surface area contributed by atoms with E-state index in [0.29, 0.717) is 35.6 Å². The lowest BCUT2D eigenvalue weighted by atomic mass is 10.1. The average Bonchev–Trinajstić information content (AvgIpc) is 3.25. The van der Waals surface area contributed by atoms with E-state index >= 15 is 0 Å². The van der Waals surface area contributed by atoms with E-state index in [0.717, 1.165) is 26.0 Å². The van der Waals surface area contributed by atoms with Gasteiger partial charge in [-0.3, -0.25) is 9.59 Å². The number of fused-ring (bicyclic) bond motifs is 3. The lowest BCUT2D eigenvalue weighted by Gasteiger charge is -2.17. The summed E-state index contributed by atoms with van der Waals surface area (Å²) in [5, 5.41) is 8.87. The minimum Gasteiger partial charge on any atom is -0.493 e. The zero-order chi connectivity index (χ0) is 24.4. The molecule has 1 atom stereocenters. The zero-order valence-corrected chi connectivity index (χ0v) is 20.6. The van der Waals surface area contributed by atoms with Crippen LogP contribution in [0.25, 0.3) is 20.2 Å². The zero-order valence-electron chi connectivity index (χ0n) is 19.8. The van der Waals surface area contributed by atoms with Crippen LogP contribution in [0, 0.1) is 6.92 Å². The minimum absolute atomic E-state index is 0.262. The first kappa shape index (κ1) is 23.6. The van der Waals surface area contributed by atoms with E-state index in [1.54, 1.807) is 45.7 Å². The topological polar surface area (TPSA) is 91.7 Å². The number of hydrogen-bond donors (Lipinski definition) is 1. The van der Waals surface area contributed by atoms with Gasteiger partial charge in [-0.15, -0.1) is 11.3 Å². The Morgan fingerprint density at radius 2 is 1.82 bits per heavy atom. The molecule has 8 nitrogen and oxygen atoms in total. The second kappa shape index (κ2) is 9.72. The third-order valence-electron chi connectivity index (χ3n) is 5.83. The van der Waals surface area contributed by atoms with Crippen molar-refractivity contribution in [3.63, 3.8) is 0 Å². The molecule has 0 aliphatic heterocycles. The van der Waals surface area contributed by atoms with Gasteiger partial charge in [-0.2, -0.15) is 5.10 Å². The molecule has 0 radical (unpaired) electrons. The van der Waals surface area contributed by atoms with Crippen molar-refractivity contribution in [2.75, 3.05) is 27.9 Å². The molecule has 0 saturated carbocycles. The summed E-state index contributed by atoms with van der Waals surface area (Å²) >= 11 is 1.54. The number of aryl methyl sites for hydroxylation is 1. The second-order valence-corrected chi connectivity index (χ2v) is 8.90. The number of hydrogen-bond acceptors (Lipinski definition) is 7. The average molecular weight is 482 g/mol. The minimum atomic E-state index is -0.762.